The molecule has 1 aromatic rings. The average Bonchev–Trinajstić information content (AvgIpc) is 1.93. The van der Waals surface area contributed by atoms with Gasteiger partial charge in [-0.25, -0.2) is 0 Å². The first-order valence-corrected chi connectivity index (χ1v) is 3.19. The van der Waals surface area contributed by atoms with E-state index in [0.29, 0.717) is 5.69 Å². The lowest BCUT2D eigenvalue weighted by molar-refractivity contribution is 0.704. The first-order chi connectivity index (χ1) is 4.63. The van der Waals surface area contributed by atoms with Gasteiger partial charge in [0.15, 0.2) is 0 Å². The summed E-state index contributed by atoms with van der Waals surface area (Å²) < 4.78 is 1.56. The Morgan fingerprint density at radius 3 is 2.80 bits per heavy atom. The summed E-state index contributed by atoms with van der Waals surface area (Å²) in [4.78, 5) is 10.8. The van der Waals surface area contributed by atoms with Crippen molar-refractivity contribution in [3.05, 3.63) is 27.1 Å². The van der Waals surface area contributed by atoms with Crippen molar-refractivity contribution < 1.29 is 0 Å². The molecule has 54 valence electrons. The lowest BCUT2D eigenvalue weighted by Gasteiger charge is -2.01. The van der Waals surface area contributed by atoms with Gasteiger partial charge in [-0.2, -0.15) is 5.10 Å². The van der Waals surface area contributed by atoms with E-state index in [4.69, 9.17) is 11.6 Å². The van der Waals surface area contributed by atoms with Gasteiger partial charge in [0.05, 0.1) is 11.9 Å². The van der Waals surface area contributed by atoms with Crippen molar-refractivity contribution in [1.29, 1.82) is 0 Å². The van der Waals surface area contributed by atoms with E-state index < -0.39 is 0 Å². The van der Waals surface area contributed by atoms with E-state index in [1.165, 1.54) is 6.20 Å². The van der Waals surface area contributed by atoms with E-state index in [0.717, 1.165) is 0 Å². The third-order valence-corrected chi connectivity index (χ3v) is 1.83. The number of aryl methyl sites for hydroxylation is 1. The summed E-state index contributed by atoms with van der Waals surface area (Å²) in [5.41, 5.74) is 0.464. The Morgan fingerprint density at radius 1 is 1.70 bits per heavy atom. The van der Waals surface area contributed by atoms with Crippen LogP contribution in [0, 0.1) is 6.92 Å². The Bertz CT molecular complexity index is 305. The van der Waals surface area contributed by atoms with E-state index in [9.17, 15) is 4.79 Å². The molecule has 0 aliphatic carbocycles. The minimum Gasteiger partial charge on any atom is -0.286 e. The topological polar surface area (TPSA) is 34.9 Å². The van der Waals surface area contributed by atoms with Crippen LogP contribution in [0.3, 0.4) is 0 Å². The normalized spacial score (nSPS) is 9.90. The number of hydrogen-bond donors (Lipinski definition) is 0. The standard InChI is InChI=1S/C6H7ClN2O/c1-4-6(7)5(10)3-8-9(4)2/h3H,1-2H3. The van der Waals surface area contributed by atoms with Gasteiger partial charge in [0.2, 0.25) is 5.43 Å². The fraction of sp³-hybridized carbons (Fsp3) is 0.333. The quantitative estimate of drug-likeness (QED) is 0.558. The second-order valence-electron chi connectivity index (χ2n) is 2.03. The molecule has 1 heterocycles. The predicted octanol–water partition coefficient (Wildman–Crippen LogP) is 0.742. The van der Waals surface area contributed by atoms with Crippen LogP contribution in [0.25, 0.3) is 0 Å². The van der Waals surface area contributed by atoms with Gasteiger partial charge in [-0.1, -0.05) is 11.6 Å². The van der Waals surface area contributed by atoms with Crippen molar-refractivity contribution in [1.82, 2.24) is 9.78 Å². The van der Waals surface area contributed by atoms with Gasteiger partial charge in [-0.15, -0.1) is 0 Å². The largest absolute Gasteiger partial charge is 0.286 e. The van der Waals surface area contributed by atoms with Gasteiger partial charge in [0.25, 0.3) is 0 Å². The highest BCUT2D eigenvalue weighted by Gasteiger charge is 2.00. The maximum atomic E-state index is 10.8. The lowest BCUT2D eigenvalue weighted by Crippen LogP contribution is -2.11. The van der Waals surface area contributed by atoms with E-state index in [1.54, 1.807) is 18.7 Å². The molecule has 0 aliphatic rings. The molecule has 0 aliphatic heterocycles. The van der Waals surface area contributed by atoms with Gasteiger partial charge in [0.1, 0.15) is 5.02 Å². The second kappa shape index (κ2) is 2.42. The van der Waals surface area contributed by atoms with E-state index in [1.807, 2.05) is 0 Å². The van der Waals surface area contributed by atoms with Crippen LogP contribution in [0.2, 0.25) is 5.02 Å². The van der Waals surface area contributed by atoms with Gasteiger partial charge in [-0.05, 0) is 6.92 Å². The maximum Gasteiger partial charge on any atom is 0.218 e. The highest BCUT2D eigenvalue weighted by molar-refractivity contribution is 6.31. The summed E-state index contributed by atoms with van der Waals surface area (Å²) in [5, 5.41) is 4.01. The number of rotatable bonds is 0. The molecule has 1 aromatic heterocycles. The molecule has 0 spiro atoms. The van der Waals surface area contributed by atoms with Gasteiger partial charge in [-0.3, -0.25) is 9.48 Å². The molecule has 0 aromatic carbocycles. The number of aromatic nitrogens is 2. The molecule has 10 heavy (non-hydrogen) atoms. The third-order valence-electron chi connectivity index (χ3n) is 1.37. The van der Waals surface area contributed by atoms with E-state index in [-0.39, 0.29) is 10.5 Å². The zero-order valence-electron chi connectivity index (χ0n) is 5.76. The molecule has 0 unspecified atom stereocenters. The smallest absolute Gasteiger partial charge is 0.218 e. The predicted molar refractivity (Wildman–Crippen MR) is 39.2 cm³/mol. The van der Waals surface area contributed by atoms with Crippen molar-refractivity contribution in [2.75, 3.05) is 0 Å². The Hall–Kier alpha value is -0.830. The van der Waals surface area contributed by atoms with Crippen molar-refractivity contribution in [3.8, 4) is 0 Å². The van der Waals surface area contributed by atoms with E-state index >= 15 is 0 Å². The number of nitrogens with zero attached hydrogens (tertiary/aromatic N) is 2. The molecule has 0 saturated heterocycles. The molecule has 1 rings (SSSR count). The molecule has 0 saturated carbocycles. The first-order valence-electron chi connectivity index (χ1n) is 2.81. The summed E-state index contributed by atoms with van der Waals surface area (Å²) in [6, 6.07) is 0. The molecule has 3 nitrogen and oxygen atoms in total. The van der Waals surface area contributed by atoms with Crippen LogP contribution in [0.1, 0.15) is 5.69 Å². The fourth-order valence-corrected chi connectivity index (χ4v) is 0.774. The molecule has 0 bridgehead atoms. The summed E-state index contributed by atoms with van der Waals surface area (Å²) in [6.07, 6.45) is 1.20. The SMILES string of the molecule is Cc1c(Cl)c(=O)cnn1C. The van der Waals surface area contributed by atoms with Crippen LogP contribution < -0.4 is 5.43 Å². The van der Waals surface area contributed by atoms with Crippen LogP contribution in [-0.2, 0) is 7.05 Å². The van der Waals surface area contributed by atoms with Crippen LogP contribution in [0.5, 0.6) is 0 Å². The van der Waals surface area contributed by atoms with Gasteiger partial charge >= 0.3 is 0 Å². The first kappa shape index (κ1) is 7.28. The third kappa shape index (κ3) is 1.04. The van der Waals surface area contributed by atoms with Gasteiger partial charge in [0, 0.05) is 7.05 Å². The minimum atomic E-state index is -0.225. The summed E-state index contributed by atoms with van der Waals surface area (Å²) in [6.45, 7) is 1.75. The minimum absolute atomic E-state index is 0.225. The van der Waals surface area contributed by atoms with Crippen molar-refractivity contribution in [2.45, 2.75) is 6.92 Å². The summed E-state index contributed by atoms with van der Waals surface area (Å²) in [7, 11) is 1.74. The molecule has 0 atom stereocenters. The monoisotopic (exact) mass is 158 g/mol. The van der Waals surface area contributed by atoms with Crippen LogP contribution in [-0.4, -0.2) is 9.78 Å². The Labute approximate surface area is 63.2 Å². The molecule has 0 N–H and O–H groups in total. The second-order valence-corrected chi connectivity index (χ2v) is 2.41. The van der Waals surface area contributed by atoms with Crippen molar-refractivity contribution >= 4 is 11.6 Å². The van der Waals surface area contributed by atoms with Crippen molar-refractivity contribution in [2.24, 2.45) is 7.05 Å². The van der Waals surface area contributed by atoms with E-state index in [2.05, 4.69) is 5.10 Å². The van der Waals surface area contributed by atoms with Crippen LogP contribution >= 0.6 is 11.6 Å². The van der Waals surface area contributed by atoms with Crippen LogP contribution in [0.4, 0.5) is 0 Å². The fourth-order valence-electron chi connectivity index (χ4n) is 0.603. The number of hydrogen-bond acceptors (Lipinski definition) is 2. The number of halogens is 1. The average molecular weight is 159 g/mol. The lowest BCUT2D eigenvalue weighted by atomic mass is 10.4. The van der Waals surface area contributed by atoms with Gasteiger partial charge < -0.3 is 0 Å². The highest BCUT2D eigenvalue weighted by Crippen LogP contribution is 2.04. The Balaban J connectivity index is 3.49. The zero-order chi connectivity index (χ0) is 7.72. The van der Waals surface area contributed by atoms with Crippen LogP contribution in [0.15, 0.2) is 11.0 Å². The molecular formula is C6H7ClN2O. The molecular weight excluding hydrogens is 152 g/mol. The zero-order valence-corrected chi connectivity index (χ0v) is 6.51. The molecule has 0 fully saturated rings. The Kier molecular flexibility index (Phi) is 1.76. The molecule has 0 amide bonds. The highest BCUT2D eigenvalue weighted by atomic mass is 35.5. The summed E-state index contributed by atoms with van der Waals surface area (Å²) in [5.74, 6) is 0. The maximum absolute atomic E-state index is 10.8. The summed E-state index contributed by atoms with van der Waals surface area (Å²) >= 11 is 5.61. The molecule has 4 heteroatoms. The van der Waals surface area contributed by atoms with Crippen molar-refractivity contribution in [3.63, 3.8) is 0 Å². The molecule has 0 radical (unpaired) electrons. The Morgan fingerprint density at radius 2 is 2.30 bits per heavy atom.